The van der Waals surface area contributed by atoms with E-state index < -0.39 is 5.63 Å². The van der Waals surface area contributed by atoms with Gasteiger partial charge in [0, 0.05) is 52.6 Å². The van der Waals surface area contributed by atoms with E-state index in [9.17, 15) is 9.59 Å². The van der Waals surface area contributed by atoms with Crippen molar-refractivity contribution in [2.75, 3.05) is 13.7 Å². The van der Waals surface area contributed by atoms with E-state index in [0.29, 0.717) is 33.9 Å². The van der Waals surface area contributed by atoms with Gasteiger partial charge in [-0.1, -0.05) is 41.9 Å². The van der Waals surface area contributed by atoms with Crippen LogP contribution in [0.15, 0.2) is 69.9 Å². The zero-order valence-electron chi connectivity index (χ0n) is 21.1. The van der Waals surface area contributed by atoms with Crippen molar-refractivity contribution in [1.29, 1.82) is 0 Å². The predicted octanol–water partition coefficient (Wildman–Crippen LogP) is 6.42. The normalized spacial score (nSPS) is 11.3. The molecule has 0 aliphatic carbocycles. The minimum atomic E-state index is -0.404. The number of aromatic nitrogens is 1. The van der Waals surface area contributed by atoms with Crippen molar-refractivity contribution in [3.05, 3.63) is 104 Å². The highest BCUT2D eigenvalue weighted by atomic mass is 35.5. The summed E-state index contributed by atoms with van der Waals surface area (Å²) in [5.41, 5.74) is 4.68. The lowest BCUT2D eigenvalue weighted by Crippen LogP contribution is -2.14. The fraction of sp³-hybridized carbons (Fsp3) is 0.200. The largest absolute Gasteiger partial charge is 0.497 e. The van der Waals surface area contributed by atoms with Gasteiger partial charge < -0.3 is 18.5 Å². The minimum Gasteiger partial charge on any atom is -0.497 e. The number of fused-ring (bicyclic) bond motifs is 2. The highest BCUT2D eigenvalue weighted by molar-refractivity contribution is 6.32. The van der Waals surface area contributed by atoms with Crippen molar-refractivity contribution in [3.63, 3.8) is 0 Å². The molecule has 0 amide bonds. The summed E-state index contributed by atoms with van der Waals surface area (Å²) in [6, 6.07) is 18.7. The van der Waals surface area contributed by atoms with Crippen molar-refractivity contribution in [1.82, 2.24) is 4.57 Å². The summed E-state index contributed by atoms with van der Waals surface area (Å²) < 4.78 is 18.8. The number of Topliss-reactive ketones (excluding diaryl/α,β-unsaturated/α-hetero) is 1. The Balaban J connectivity index is 1.45. The Bertz CT molecular complexity index is 1720. The van der Waals surface area contributed by atoms with E-state index in [1.54, 1.807) is 19.2 Å². The Hall–Kier alpha value is -4.03. The molecule has 37 heavy (non-hydrogen) atoms. The van der Waals surface area contributed by atoms with Crippen LogP contribution in [0.4, 0.5) is 0 Å². The average molecular weight is 516 g/mol. The molecule has 188 valence electrons. The Kier molecular flexibility index (Phi) is 6.52. The smallest absolute Gasteiger partial charge is 0.340 e. The summed E-state index contributed by atoms with van der Waals surface area (Å²) in [5.74, 6) is 0.752. The van der Waals surface area contributed by atoms with Crippen LogP contribution in [0, 0.1) is 13.8 Å². The molecule has 0 aliphatic rings. The topological polar surface area (TPSA) is 70.7 Å². The number of carbonyl (C=O) groups is 1. The van der Waals surface area contributed by atoms with Gasteiger partial charge in [-0.3, -0.25) is 4.79 Å². The number of carbonyl (C=O) groups excluding carboxylic acids is 1. The number of aryl methyl sites for hydroxylation is 2. The van der Waals surface area contributed by atoms with Gasteiger partial charge in [0.15, 0.2) is 6.61 Å². The van der Waals surface area contributed by atoms with Gasteiger partial charge in [0.1, 0.15) is 17.1 Å². The van der Waals surface area contributed by atoms with Crippen LogP contribution >= 0.6 is 11.6 Å². The van der Waals surface area contributed by atoms with Gasteiger partial charge in [-0.25, -0.2) is 4.79 Å². The second-order valence-corrected chi connectivity index (χ2v) is 9.46. The molecule has 0 saturated heterocycles. The molecular formula is C30H26ClNO5. The first-order valence-corrected chi connectivity index (χ1v) is 12.2. The van der Waals surface area contributed by atoms with Crippen LogP contribution in [-0.2, 0) is 13.5 Å². The molecule has 5 aromatic rings. The van der Waals surface area contributed by atoms with Gasteiger partial charge in [-0.15, -0.1) is 0 Å². The lowest BCUT2D eigenvalue weighted by molar-refractivity contribution is 0.0922. The van der Waals surface area contributed by atoms with Gasteiger partial charge in [0.25, 0.3) is 0 Å². The lowest BCUT2D eigenvalue weighted by Gasteiger charge is -2.12. The average Bonchev–Trinajstić information content (AvgIpc) is 3.15. The Morgan fingerprint density at radius 1 is 1.03 bits per heavy atom. The number of benzene rings is 3. The SMILES string of the molecule is COc1ccc2c(c1)c(C(=O)COc1cc3oc(=O)c(Cc4ccccc4)c(C)c3cc1Cl)c(C)n2C. The summed E-state index contributed by atoms with van der Waals surface area (Å²) in [7, 11) is 3.51. The van der Waals surface area contributed by atoms with Crippen molar-refractivity contribution in [3.8, 4) is 11.5 Å². The molecule has 0 fully saturated rings. The summed E-state index contributed by atoms with van der Waals surface area (Å²) in [6.07, 6.45) is 0.463. The molecule has 0 aliphatic heterocycles. The molecule has 0 radical (unpaired) electrons. The van der Waals surface area contributed by atoms with Crippen LogP contribution in [-0.4, -0.2) is 24.1 Å². The third-order valence-corrected chi connectivity index (χ3v) is 7.20. The molecule has 0 bridgehead atoms. The van der Waals surface area contributed by atoms with E-state index in [1.165, 1.54) is 0 Å². The number of ketones is 1. The summed E-state index contributed by atoms with van der Waals surface area (Å²) in [4.78, 5) is 26.1. The van der Waals surface area contributed by atoms with E-state index in [2.05, 4.69) is 0 Å². The van der Waals surface area contributed by atoms with E-state index in [1.807, 2.05) is 74.0 Å². The van der Waals surface area contributed by atoms with Gasteiger partial charge in [-0.05, 0) is 49.2 Å². The molecule has 0 saturated carbocycles. The molecule has 0 N–H and O–H groups in total. The third-order valence-electron chi connectivity index (χ3n) is 6.90. The van der Waals surface area contributed by atoms with Crippen LogP contribution in [0.1, 0.15) is 32.7 Å². The predicted molar refractivity (Wildman–Crippen MR) is 146 cm³/mol. The standard InChI is InChI=1S/C30H26ClNO5/c1-17-21-14-24(31)28(15-27(21)37-30(34)22(17)12-19-8-6-5-7-9-19)36-16-26(33)29-18(2)32(3)25-11-10-20(35-4)13-23(25)29/h5-11,13-15H,12,16H2,1-4H3. The number of halogens is 1. The molecule has 2 aromatic heterocycles. The lowest BCUT2D eigenvalue weighted by atomic mass is 9.99. The zero-order valence-corrected chi connectivity index (χ0v) is 21.8. The van der Waals surface area contributed by atoms with Crippen LogP contribution < -0.4 is 15.1 Å². The zero-order chi connectivity index (χ0) is 26.3. The first-order chi connectivity index (χ1) is 17.8. The maximum Gasteiger partial charge on any atom is 0.340 e. The Morgan fingerprint density at radius 3 is 2.51 bits per heavy atom. The quantitative estimate of drug-likeness (QED) is 0.185. The van der Waals surface area contributed by atoms with Crippen LogP contribution in [0.25, 0.3) is 21.9 Å². The maximum absolute atomic E-state index is 13.3. The number of hydrogen-bond donors (Lipinski definition) is 0. The van der Waals surface area contributed by atoms with Crippen molar-refractivity contribution < 1.29 is 18.7 Å². The first kappa shape index (κ1) is 24.7. The van der Waals surface area contributed by atoms with E-state index in [4.69, 9.17) is 25.5 Å². The highest BCUT2D eigenvalue weighted by Gasteiger charge is 2.21. The second kappa shape index (κ2) is 9.79. The molecule has 0 spiro atoms. The molecule has 5 rings (SSSR count). The van der Waals surface area contributed by atoms with Gasteiger partial charge >= 0.3 is 5.63 Å². The van der Waals surface area contributed by atoms with E-state index in [0.717, 1.165) is 33.1 Å². The highest BCUT2D eigenvalue weighted by Crippen LogP contribution is 2.33. The van der Waals surface area contributed by atoms with Crippen molar-refractivity contribution in [2.24, 2.45) is 7.05 Å². The van der Waals surface area contributed by atoms with Crippen molar-refractivity contribution in [2.45, 2.75) is 20.3 Å². The monoisotopic (exact) mass is 515 g/mol. The summed E-state index contributed by atoms with van der Waals surface area (Å²) in [6.45, 7) is 3.56. The van der Waals surface area contributed by atoms with Gasteiger partial charge in [-0.2, -0.15) is 0 Å². The molecule has 2 heterocycles. The van der Waals surface area contributed by atoms with E-state index >= 15 is 0 Å². The van der Waals surface area contributed by atoms with Gasteiger partial charge in [0.05, 0.1) is 12.1 Å². The maximum atomic E-state index is 13.3. The van der Waals surface area contributed by atoms with Crippen molar-refractivity contribution >= 4 is 39.3 Å². The number of nitrogens with zero attached hydrogens (tertiary/aromatic N) is 1. The second-order valence-electron chi connectivity index (χ2n) is 9.05. The molecule has 3 aromatic carbocycles. The first-order valence-electron chi connectivity index (χ1n) is 11.9. The Morgan fingerprint density at radius 2 is 1.78 bits per heavy atom. The third kappa shape index (κ3) is 4.49. The summed E-state index contributed by atoms with van der Waals surface area (Å²) in [5, 5.41) is 1.86. The van der Waals surface area contributed by atoms with Crippen LogP contribution in [0.5, 0.6) is 11.5 Å². The van der Waals surface area contributed by atoms with E-state index in [-0.39, 0.29) is 18.1 Å². The molecule has 6 nitrogen and oxygen atoms in total. The number of hydrogen-bond acceptors (Lipinski definition) is 5. The van der Waals surface area contributed by atoms with Gasteiger partial charge in [0.2, 0.25) is 5.78 Å². The summed E-state index contributed by atoms with van der Waals surface area (Å²) >= 11 is 6.55. The Labute approximate surface area is 219 Å². The molecular weight excluding hydrogens is 490 g/mol. The molecule has 7 heteroatoms. The number of rotatable bonds is 7. The number of methoxy groups -OCH3 is 1. The molecule has 0 atom stereocenters. The number of ether oxygens (including phenoxy) is 2. The molecule has 0 unspecified atom stereocenters. The fourth-order valence-electron chi connectivity index (χ4n) is 4.75. The van der Waals surface area contributed by atoms with Crippen LogP contribution in [0.2, 0.25) is 5.02 Å². The minimum absolute atomic E-state index is 0.191. The van der Waals surface area contributed by atoms with Crippen LogP contribution in [0.3, 0.4) is 0 Å². The fourth-order valence-corrected chi connectivity index (χ4v) is 4.97.